The second-order valence-corrected chi connectivity index (χ2v) is 2.82. The van der Waals surface area contributed by atoms with Gasteiger partial charge >= 0.3 is 0 Å². The van der Waals surface area contributed by atoms with Crippen molar-refractivity contribution in [2.45, 2.75) is 4.90 Å². The Labute approximate surface area is 64.4 Å². The predicted octanol–water partition coefficient (Wildman–Crippen LogP) is 2.63. The predicted molar refractivity (Wildman–Crippen MR) is 44.2 cm³/mol. The molecule has 0 unspecified atom stereocenters. The van der Waals surface area contributed by atoms with E-state index < -0.39 is 0 Å². The van der Waals surface area contributed by atoms with Gasteiger partial charge in [0.15, 0.2) is 0 Å². The van der Waals surface area contributed by atoms with Crippen molar-refractivity contribution in [3.05, 3.63) is 36.3 Å². The summed E-state index contributed by atoms with van der Waals surface area (Å²) in [6.07, 6.45) is 0. The number of phenolic OH excluding ortho intramolecular Hbond substituents is 1. The molecule has 0 saturated heterocycles. The highest BCUT2D eigenvalue weighted by Gasteiger charge is 1.88. The molecule has 0 radical (unpaired) electrons. The Balaban J connectivity index is 2.78. The highest BCUT2D eigenvalue weighted by atomic mass is 32.2. The SMILES string of the molecule is C=CSc1ccc(O)cc1. The Hall–Kier alpha value is -0.890. The van der Waals surface area contributed by atoms with E-state index in [0.717, 1.165) is 4.90 Å². The van der Waals surface area contributed by atoms with Crippen LogP contribution in [0.1, 0.15) is 0 Å². The number of thioether (sulfide) groups is 1. The minimum Gasteiger partial charge on any atom is -0.508 e. The van der Waals surface area contributed by atoms with E-state index in [0.29, 0.717) is 5.75 Å². The van der Waals surface area contributed by atoms with Crippen molar-refractivity contribution in [1.82, 2.24) is 0 Å². The molecule has 1 nitrogen and oxygen atoms in total. The van der Waals surface area contributed by atoms with Crippen molar-refractivity contribution in [2.24, 2.45) is 0 Å². The lowest BCUT2D eigenvalue weighted by Gasteiger charge is -1.94. The van der Waals surface area contributed by atoms with Gasteiger partial charge in [0.1, 0.15) is 5.75 Å². The lowest BCUT2D eigenvalue weighted by Crippen LogP contribution is -1.65. The third kappa shape index (κ3) is 1.81. The third-order valence-electron chi connectivity index (χ3n) is 1.06. The maximum absolute atomic E-state index is 8.89. The van der Waals surface area contributed by atoms with Crippen LogP contribution in [-0.4, -0.2) is 5.11 Å². The molecule has 1 aromatic rings. The number of aromatic hydroxyl groups is 1. The van der Waals surface area contributed by atoms with Gasteiger partial charge in [0.25, 0.3) is 0 Å². The van der Waals surface area contributed by atoms with Crippen molar-refractivity contribution >= 4 is 11.8 Å². The summed E-state index contributed by atoms with van der Waals surface area (Å²) in [5.41, 5.74) is 0. The highest BCUT2D eigenvalue weighted by molar-refractivity contribution is 8.02. The van der Waals surface area contributed by atoms with E-state index in [2.05, 4.69) is 6.58 Å². The summed E-state index contributed by atoms with van der Waals surface area (Å²) >= 11 is 1.54. The maximum atomic E-state index is 8.89. The highest BCUT2D eigenvalue weighted by Crippen LogP contribution is 2.20. The van der Waals surface area contributed by atoms with Crippen LogP contribution in [0.3, 0.4) is 0 Å². The maximum Gasteiger partial charge on any atom is 0.115 e. The molecule has 0 amide bonds. The summed E-state index contributed by atoms with van der Waals surface area (Å²) in [4.78, 5) is 1.09. The lowest BCUT2D eigenvalue weighted by molar-refractivity contribution is 0.475. The number of hydrogen-bond donors (Lipinski definition) is 1. The molecule has 0 aliphatic carbocycles. The first-order valence-corrected chi connectivity index (χ1v) is 3.77. The van der Waals surface area contributed by atoms with Crippen LogP contribution in [0.15, 0.2) is 41.1 Å². The lowest BCUT2D eigenvalue weighted by atomic mass is 10.3. The molecular weight excluding hydrogens is 144 g/mol. The van der Waals surface area contributed by atoms with Gasteiger partial charge in [0.2, 0.25) is 0 Å². The number of rotatable bonds is 2. The molecule has 0 fully saturated rings. The molecular formula is C8H8OS. The average Bonchev–Trinajstić information content (AvgIpc) is 1.95. The molecule has 0 aromatic heterocycles. The van der Waals surface area contributed by atoms with Gasteiger partial charge < -0.3 is 5.11 Å². The molecule has 0 aliphatic heterocycles. The first-order valence-electron chi connectivity index (χ1n) is 2.89. The zero-order valence-electron chi connectivity index (χ0n) is 5.45. The minimum absolute atomic E-state index is 0.299. The van der Waals surface area contributed by atoms with E-state index in [1.54, 1.807) is 17.5 Å². The molecule has 0 aliphatic rings. The largest absolute Gasteiger partial charge is 0.508 e. The van der Waals surface area contributed by atoms with Gasteiger partial charge in [0, 0.05) is 4.90 Å². The second-order valence-electron chi connectivity index (χ2n) is 1.78. The first-order chi connectivity index (χ1) is 4.83. The Morgan fingerprint density at radius 1 is 1.30 bits per heavy atom. The Morgan fingerprint density at radius 2 is 1.90 bits per heavy atom. The van der Waals surface area contributed by atoms with E-state index in [4.69, 9.17) is 5.11 Å². The quantitative estimate of drug-likeness (QED) is 0.657. The Kier molecular flexibility index (Phi) is 2.40. The molecule has 0 heterocycles. The molecule has 1 aromatic carbocycles. The molecule has 0 bridgehead atoms. The summed E-state index contributed by atoms with van der Waals surface area (Å²) in [5, 5.41) is 10.6. The summed E-state index contributed by atoms with van der Waals surface area (Å²) in [6.45, 7) is 3.58. The standard InChI is InChI=1S/C8H8OS/c1-2-10-8-5-3-7(9)4-6-8/h2-6,9H,1H2. The topological polar surface area (TPSA) is 20.2 Å². The van der Waals surface area contributed by atoms with Gasteiger partial charge in [-0.1, -0.05) is 18.3 Å². The van der Waals surface area contributed by atoms with Crippen LogP contribution in [0.2, 0.25) is 0 Å². The van der Waals surface area contributed by atoms with E-state index >= 15 is 0 Å². The molecule has 0 spiro atoms. The van der Waals surface area contributed by atoms with Crippen molar-refractivity contribution in [2.75, 3.05) is 0 Å². The van der Waals surface area contributed by atoms with Crippen LogP contribution < -0.4 is 0 Å². The van der Waals surface area contributed by atoms with Crippen LogP contribution in [0, 0.1) is 0 Å². The summed E-state index contributed by atoms with van der Waals surface area (Å²) in [5.74, 6) is 0.299. The van der Waals surface area contributed by atoms with Crippen molar-refractivity contribution in [3.8, 4) is 5.75 Å². The van der Waals surface area contributed by atoms with Crippen molar-refractivity contribution in [1.29, 1.82) is 0 Å². The van der Waals surface area contributed by atoms with Gasteiger partial charge in [-0.15, -0.1) is 0 Å². The number of benzene rings is 1. The Morgan fingerprint density at radius 3 is 2.40 bits per heavy atom. The van der Waals surface area contributed by atoms with Crippen LogP contribution >= 0.6 is 11.8 Å². The molecule has 0 atom stereocenters. The van der Waals surface area contributed by atoms with Gasteiger partial charge in [-0.3, -0.25) is 0 Å². The van der Waals surface area contributed by atoms with Gasteiger partial charge in [-0.25, -0.2) is 0 Å². The fourth-order valence-electron chi connectivity index (χ4n) is 0.621. The summed E-state index contributed by atoms with van der Waals surface area (Å²) in [7, 11) is 0. The minimum atomic E-state index is 0.299. The fraction of sp³-hybridized carbons (Fsp3) is 0. The normalized spacial score (nSPS) is 9.20. The van der Waals surface area contributed by atoms with E-state index in [1.807, 2.05) is 12.1 Å². The van der Waals surface area contributed by atoms with Crippen LogP contribution in [0.5, 0.6) is 5.75 Å². The zero-order valence-corrected chi connectivity index (χ0v) is 6.27. The van der Waals surface area contributed by atoms with Gasteiger partial charge in [-0.05, 0) is 29.7 Å². The number of phenols is 1. The van der Waals surface area contributed by atoms with Crippen molar-refractivity contribution < 1.29 is 5.11 Å². The smallest absolute Gasteiger partial charge is 0.115 e. The average molecular weight is 152 g/mol. The van der Waals surface area contributed by atoms with Crippen LogP contribution in [-0.2, 0) is 0 Å². The summed E-state index contributed by atoms with van der Waals surface area (Å²) < 4.78 is 0. The molecule has 52 valence electrons. The molecule has 1 rings (SSSR count). The molecule has 1 N–H and O–H groups in total. The Bertz CT molecular complexity index is 215. The first kappa shape index (κ1) is 7.22. The van der Waals surface area contributed by atoms with E-state index in [9.17, 15) is 0 Å². The van der Waals surface area contributed by atoms with Crippen LogP contribution in [0.4, 0.5) is 0 Å². The van der Waals surface area contributed by atoms with Gasteiger partial charge in [-0.2, -0.15) is 0 Å². The van der Waals surface area contributed by atoms with Gasteiger partial charge in [0.05, 0.1) is 0 Å². The van der Waals surface area contributed by atoms with E-state index in [-0.39, 0.29) is 0 Å². The van der Waals surface area contributed by atoms with E-state index in [1.165, 1.54) is 11.8 Å². The zero-order chi connectivity index (χ0) is 7.40. The molecule has 2 heteroatoms. The summed E-state index contributed by atoms with van der Waals surface area (Å²) in [6, 6.07) is 7.01. The molecule has 0 saturated carbocycles. The fourth-order valence-corrected chi connectivity index (χ4v) is 1.11. The molecule has 10 heavy (non-hydrogen) atoms. The van der Waals surface area contributed by atoms with Crippen molar-refractivity contribution in [3.63, 3.8) is 0 Å². The van der Waals surface area contributed by atoms with Crippen LogP contribution in [0.25, 0.3) is 0 Å². The second kappa shape index (κ2) is 3.32. The number of hydrogen-bond acceptors (Lipinski definition) is 2. The third-order valence-corrected chi connectivity index (χ3v) is 1.77. The monoisotopic (exact) mass is 152 g/mol.